The maximum atomic E-state index is 11.6. The molecule has 0 aliphatic heterocycles. The molecule has 1 aromatic carbocycles. The maximum absolute atomic E-state index is 11.6. The van der Waals surface area contributed by atoms with Gasteiger partial charge < -0.3 is 4.98 Å². The first-order valence-electron chi connectivity index (χ1n) is 5.62. The van der Waals surface area contributed by atoms with Gasteiger partial charge in [0.15, 0.2) is 0 Å². The monoisotopic (exact) mass is 216 g/mol. The largest absolute Gasteiger partial charge is 0.326 e. The zero-order chi connectivity index (χ0) is 11.4. The van der Waals surface area contributed by atoms with Crippen molar-refractivity contribution < 1.29 is 0 Å². The van der Waals surface area contributed by atoms with Crippen LogP contribution in [0.15, 0.2) is 41.3 Å². The van der Waals surface area contributed by atoms with Gasteiger partial charge in [-0.15, -0.1) is 0 Å². The Labute approximate surface area is 94.7 Å². The van der Waals surface area contributed by atoms with E-state index < -0.39 is 0 Å². The van der Waals surface area contributed by atoms with Crippen LogP contribution >= 0.6 is 0 Å². The van der Waals surface area contributed by atoms with Gasteiger partial charge in [-0.25, -0.2) is 4.79 Å². The highest BCUT2D eigenvalue weighted by molar-refractivity contribution is 5.15. The molecule has 1 N–H and O–H groups in total. The fourth-order valence-electron chi connectivity index (χ4n) is 1.78. The molecule has 0 atom stereocenters. The quantitative estimate of drug-likeness (QED) is 0.835. The molecule has 2 aromatic rings. The lowest BCUT2D eigenvalue weighted by Gasteiger charge is -2.00. The molecule has 0 saturated heterocycles. The van der Waals surface area contributed by atoms with Gasteiger partial charge in [-0.05, 0) is 12.0 Å². The minimum Gasteiger partial charge on any atom is -0.310 e. The molecule has 0 aliphatic rings. The number of H-pyrrole nitrogens is 1. The van der Waals surface area contributed by atoms with E-state index in [0.29, 0.717) is 6.54 Å². The van der Waals surface area contributed by atoms with Gasteiger partial charge in [-0.2, -0.15) is 0 Å². The van der Waals surface area contributed by atoms with Crippen LogP contribution in [-0.4, -0.2) is 9.55 Å². The number of rotatable bonds is 4. The van der Waals surface area contributed by atoms with Crippen molar-refractivity contribution >= 4 is 0 Å². The Kier molecular flexibility index (Phi) is 3.25. The number of hydrogen-bond donors (Lipinski definition) is 1. The summed E-state index contributed by atoms with van der Waals surface area (Å²) < 4.78 is 1.72. The molecule has 0 amide bonds. The molecular weight excluding hydrogens is 200 g/mol. The molecule has 1 aromatic heterocycles. The number of nitrogens with zero attached hydrogens (tertiary/aromatic N) is 1. The Morgan fingerprint density at radius 2 is 2.00 bits per heavy atom. The second-order valence-electron chi connectivity index (χ2n) is 3.95. The van der Waals surface area contributed by atoms with Gasteiger partial charge >= 0.3 is 5.69 Å². The number of aryl methyl sites for hydroxylation is 1. The van der Waals surface area contributed by atoms with Gasteiger partial charge in [0.2, 0.25) is 0 Å². The Morgan fingerprint density at radius 3 is 2.69 bits per heavy atom. The zero-order valence-corrected chi connectivity index (χ0v) is 9.44. The third-order valence-corrected chi connectivity index (χ3v) is 2.56. The smallest absolute Gasteiger partial charge is 0.310 e. The minimum atomic E-state index is -0.0210. The topological polar surface area (TPSA) is 37.8 Å². The van der Waals surface area contributed by atoms with Gasteiger partial charge in [-0.3, -0.25) is 4.57 Å². The highest BCUT2D eigenvalue weighted by Gasteiger charge is 2.02. The summed E-state index contributed by atoms with van der Waals surface area (Å²) in [7, 11) is 0. The van der Waals surface area contributed by atoms with Crippen molar-refractivity contribution in [2.75, 3.05) is 0 Å². The summed E-state index contributed by atoms with van der Waals surface area (Å²) in [5, 5.41) is 0. The van der Waals surface area contributed by atoms with Crippen molar-refractivity contribution in [2.24, 2.45) is 0 Å². The van der Waals surface area contributed by atoms with Crippen molar-refractivity contribution in [2.45, 2.75) is 26.3 Å². The second kappa shape index (κ2) is 4.84. The molecule has 3 heteroatoms. The average Bonchev–Trinajstić information content (AvgIpc) is 2.61. The Bertz CT molecular complexity index is 496. The number of nitrogens with one attached hydrogen (secondary N) is 1. The predicted octanol–water partition coefficient (Wildman–Crippen LogP) is 2.18. The lowest BCUT2D eigenvalue weighted by Crippen LogP contribution is -2.16. The summed E-state index contributed by atoms with van der Waals surface area (Å²) >= 11 is 0. The van der Waals surface area contributed by atoms with Crippen LogP contribution in [0.4, 0.5) is 0 Å². The summed E-state index contributed by atoms with van der Waals surface area (Å²) in [4.78, 5) is 14.5. The van der Waals surface area contributed by atoms with E-state index in [1.807, 2.05) is 36.5 Å². The molecule has 0 saturated carbocycles. The summed E-state index contributed by atoms with van der Waals surface area (Å²) in [6.45, 7) is 2.74. The fourth-order valence-corrected chi connectivity index (χ4v) is 1.78. The minimum absolute atomic E-state index is 0.0210. The lowest BCUT2D eigenvalue weighted by atomic mass is 10.2. The maximum Gasteiger partial charge on any atom is 0.326 e. The van der Waals surface area contributed by atoms with E-state index in [9.17, 15) is 4.79 Å². The van der Waals surface area contributed by atoms with E-state index in [1.165, 1.54) is 0 Å². The van der Waals surface area contributed by atoms with E-state index in [0.717, 1.165) is 24.1 Å². The Morgan fingerprint density at radius 1 is 1.25 bits per heavy atom. The average molecular weight is 216 g/mol. The Balaban J connectivity index is 2.19. The van der Waals surface area contributed by atoms with Gasteiger partial charge in [0, 0.05) is 11.9 Å². The summed E-state index contributed by atoms with van der Waals surface area (Å²) in [5.41, 5.74) is 2.14. The van der Waals surface area contributed by atoms with E-state index >= 15 is 0 Å². The summed E-state index contributed by atoms with van der Waals surface area (Å²) in [6.07, 6.45) is 3.89. The summed E-state index contributed by atoms with van der Waals surface area (Å²) in [6, 6.07) is 10.0. The Hall–Kier alpha value is -1.77. The van der Waals surface area contributed by atoms with Gasteiger partial charge in [0.05, 0.1) is 6.54 Å². The third-order valence-electron chi connectivity index (χ3n) is 2.56. The van der Waals surface area contributed by atoms with Crippen molar-refractivity contribution in [3.8, 4) is 0 Å². The molecule has 0 spiro atoms. The first-order valence-corrected chi connectivity index (χ1v) is 5.62. The molecule has 0 bridgehead atoms. The molecule has 0 radical (unpaired) electrons. The van der Waals surface area contributed by atoms with E-state index in [2.05, 4.69) is 11.9 Å². The van der Waals surface area contributed by atoms with Crippen LogP contribution in [0, 0.1) is 0 Å². The molecule has 1 heterocycles. The second-order valence-corrected chi connectivity index (χ2v) is 3.95. The SMILES string of the molecule is CCCc1cn(Cc2ccccc2)c(=O)[nH]1. The number of hydrogen-bond acceptors (Lipinski definition) is 1. The molecule has 2 rings (SSSR count). The molecule has 16 heavy (non-hydrogen) atoms. The number of aromatic nitrogens is 2. The van der Waals surface area contributed by atoms with Crippen LogP contribution in [0.25, 0.3) is 0 Å². The molecule has 0 unspecified atom stereocenters. The highest BCUT2D eigenvalue weighted by Crippen LogP contribution is 2.02. The van der Waals surface area contributed by atoms with Crippen LogP contribution in [0.1, 0.15) is 24.6 Å². The van der Waals surface area contributed by atoms with Crippen molar-refractivity contribution in [1.29, 1.82) is 0 Å². The first-order chi connectivity index (χ1) is 7.79. The normalized spacial score (nSPS) is 10.6. The lowest BCUT2D eigenvalue weighted by molar-refractivity contribution is 0.761. The van der Waals surface area contributed by atoms with Crippen LogP contribution in [0.5, 0.6) is 0 Å². The van der Waals surface area contributed by atoms with Gasteiger partial charge in [0.25, 0.3) is 0 Å². The van der Waals surface area contributed by atoms with Gasteiger partial charge in [0.1, 0.15) is 0 Å². The zero-order valence-electron chi connectivity index (χ0n) is 9.44. The number of aromatic amines is 1. The standard InChI is InChI=1S/C13H16N2O/c1-2-6-12-10-15(13(16)14-12)9-11-7-4-3-5-8-11/h3-5,7-8,10H,2,6,9H2,1H3,(H,14,16). The third kappa shape index (κ3) is 2.42. The summed E-state index contributed by atoms with van der Waals surface area (Å²) in [5.74, 6) is 0. The highest BCUT2D eigenvalue weighted by atomic mass is 16.1. The predicted molar refractivity (Wildman–Crippen MR) is 64.6 cm³/mol. The molecule has 0 aliphatic carbocycles. The molecule has 0 fully saturated rings. The van der Waals surface area contributed by atoms with Crippen molar-refractivity contribution in [3.05, 3.63) is 58.3 Å². The molecule has 3 nitrogen and oxygen atoms in total. The van der Waals surface area contributed by atoms with E-state index in [1.54, 1.807) is 4.57 Å². The first kappa shape index (κ1) is 10.7. The van der Waals surface area contributed by atoms with Gasteiger partial charge in [-0.1, -0.05) is 43.7 Å². The molecule has 84 valence electrons. The fraction of sp³-hybridized carbons (Fsp3) is 0.308. The number of benzene rings is 1. The van der Waals surface area contributed by atoms with Crippen molar-refractivity contribution in [3.63, 3.8) is 0 Å². The van der Waals surface area contributed by atoms with Crippen LogP contribution in [0.2, 0.25) is 0 Å². The van der Waals surface area contributed by atoms with Crippen LogP contribution in [-0.2, 0) is 13.0 Å². The van der Waals surface area contributed by atoms with E-state index in [4.69, 9.17) is 0 Å². The van der Waals surface area contributed by atoms with Crippen LogP contribution < -0.4 is 5.69 Å². The molecular formula is C13H16N2O. The van der Waals surface area contributed by atoms with Crippen LogP contribution in [0.3, 0.4) is 0 Å². The number of imidazole rings is 1. The van der Waals surface area contributed by atoms with Crippen molar-refractivity contribution in [1.82, 2.24) is 9.55 Å². The van der Waals surface area contributed by atoms with E-state index in [-0.39, 0.29) is 5.69 Å².